The maximum Gasteiger partial charge on any atom is 0.241 e. The lowest BCUT2D eigenvalue weighted by Gasteiger charge is -2.46. The van der Waals surface area contributed by atoms with Gasteiger partial charge in [0.25, 0.3) is 0 Å². The van der Waals surface area contributed by atoms with Crippen molar-refractivity contribution in [2.75, 3.05) is 31.9 Å². The summed E-state index contributed by atoms with van der Waals surface area (Å²) in [5.41, 5.74) is 6.03. The smallest absolute Gasteiger partial charge is 0.241 e. The van der Waals surface area contributed by atoms with E-state index in [2.05, 4.69) is 36.9 Å². The number of nitrogens with zero attached hydrogens (tertiary/aromatic N) is 1. The number of halogens is 2. The van der Waals surface area contributed by atoms with Crippen molar-refractivity contribution in [3.8, 4) is 0 Å². The average Bonchev–Trinajstić information content (AvgIpc) is 2.48. The fourth-order valence-corrected chi connectivity index (χ4v) is 4.20. The van der Waals surface area contributed by atoms with Gasteiger partial charge in [0.15, 0.2) is 0 Å². The Balaban J connectivity index is 2.10. The van der Waals surface area contributed by atoms with Crippen molar-refractivity contribution in [3.63, 3.8) is 0 Å². The number of piperazine rings is 1. The molecule has 1 aromatic rings. The quantitative estimate of drug-likeness (QED) is 0.578. The molecule has 1 spiro atoms. The molecule has 1 aromatic heterocycles. The van der Waals surface area contributed by atoms with Crippen LogP contribution in [0.4, 0.5) is 5.82 Å². The Hall–Kier alpha value is -0.890. The molecular formula is C13H17BrClN5O. The Bertz CT molecular complexity index is 578. The minimum Gasteiger partial charge on any atom is -0.382 e. The Morgan fingerprint density at radius 1 is 1.43 bits per heavy atom. The third kappa shape index (κ3) is 2.42. The van der Waals surface area contributed by atoms with Gasteiger partial charge in [0, 0.05) is 36.2 Å². The van der Waals surface area contributed by atoms with E-state index in [9.17, 15) is 4.79 Å². The third-order valence-corrected chi connectivity index (χ3v) is 5.31. The molecule has 1 amide bonds. The van der Waals surface area contributed by atoms with Gasteiger partial charge in [-0.2, -0.15) is 0 Å². The van der Waals surface area contributed by atoms with Gasteiger partial charge < -0.3 is 21.7 Å². The average molecular weight is 375 g/mol. The number of nitrogens with two attached hydrogens (primary N) is 1. The van der Waals surface area contributed by atoms with E-state index in [0.29, 0.717) is 24.5 Å². The van der Waals surface area contributed by atoms with Crippen molar-refractivity contribution in [1.29, 1.82) is 0 Å². The van der Waals surface area contributed by atoms with E-state index in [0.717, 1.165) is 23.1 Å². The second kappa shape index (κ2) is 5.72. The number of nitrogen functional groups attached to an aromatic ring is 1. The van der Waals surface area contributed by atoms with Gasteiger partial charge in [-0.1, -0.05) is 11.6 Å². The van der Waals surface area contributed by atoms with Crippen molar-refractivity contribution < 1.29 is 4.79 Å². The molecule has 2 atom stereocenters. The Morgan fingerprint density at radius 3 is 3.00 bits per heavy atom. The van der Waals surface area contributed by atoms with Crippen LogP contribution < -0.4 is 21.7 Å². The predicted molar refractivity (Wildman–Crippen MR) is 85.3 cm³/mol. The summed E-state index contributed by atoms with van der Waals surface area (Å²) >= 11 is 9.87. The zero-order valence-electron chi connectivity index (χ0n) is 11.4. The Labute approximate surface area is 136 Å². The van der Waals surface area contributed by atoms with Crippen LogP contribution >= 0.6 is 27.5 Å². The van der Waals surface area contributed by atoms with E-state index in [4.69, 9.17) is 17.3 Å². The minimum atomic E-state index is -0.649. The lowest BCUT2D eigenvalue weighted by atomic mass is 9.73. The number of pyridine rings is 1. The van der Waals surface area contributed by atoms with Gasteiger partial charge in [-0.3, -0.25) is 4.79 Å². The fraction of sp³-hybridized carbons (Fsp3) is 0.538. The van der Waals surface area contributed by atoms with Gasteiger partial charge >= 0.3 is 0 Å². The van der Waals surface area contributed by atoms with E-state index < -0.39 is 5.54 Å². The number of nitrogens with one attached hydrogen (secondary N) is 3. The standard InChI is InChI=1S/C13H17BrClN5O/c14-8-6-19-11(16)10(15)9(8)7-5-17-2-1-13(7)12(21)18-3-4-20-13/h6-7,17,20H,1-5H2,(H2,16,19)(H,18,21). The van der Waals surface area contributed by atoms with Crippen LogP contribution in [0.15, 0.2) is 10.7 Å². The summed E-state index contributed by atoms with van der Waals surface area (Å²) in [5.74, 6) is 0.198. The van der Waals surface area contributed by atoms with Crippen LogP contribution in [0.3, 0.4) is 0 Å². The van der Waals surface area contributed by atoms with E-state index in [-0.39, 0.29) is 17.6 Å². The monoisotopic (exact) mass is 373 g/mol. The topological polar surface area (TPSA) is 92.1 Å². The lowest BCUT2D eigenvalue weighted by molar-refractivity contribution is -0.131. The van der Waals surface area contributed by atoms with E-state index in [1.165, 1.54) is 0 Å². The van der Waals surface area contributed by atoms with Gasteiger partial charge in [0.1, 0.15) is 11.4 Å². The molecule has 2 aliphatic heterocycles. The first-order valence-corrected chi connectivity index (χ1v) is 8.07. The van der Waals surface area contributed by atoms with E-state index >= 15 is 0 Å². The summed E-state index contributed by atoms with van der Waals surface area (Å²) in [6.45, 7) is 2.83. The van der Waals surface area contributed by atoms with Crippen LogP contribution in [0.2, 0.25) is 5.02 Å². The largest absolute Gasteiger partial charge is 0.382 e. The zero-order chi connectivity index (χ0) is 15.0. The molecule has 0 aromatic carbocycles. The first-order chi connectivity index (χ1) is 10.1. The normalized spacial score (nSPS) is 29.4. The molecule has 114 valence electrons. The predicted octanol–water partition coefficient (Wildman–Crippen LogP) is 0.615. The van der Waals surface area contributed by atoms with Crippen LogP contribution in [0, 0.1) is 0 Å². The highest BCUT2D eigenvalue weighted by Crippen LogP contribution is 2.42. The van der Waals surface area contributed by atoms with Crippen LogP contribution in [0.1, 0.15) is 17.9 Å². The molecule has 3 rings (SSSR count). The molecule has 0 saturated carbocycles. The van der Waals surface area contributed by atoms with Gasteiger partial charge in [0.2, 0.25) is 5.91 Å². The molecule has 3 heterocycles. The Morgan fingerprint density at radius 2 is 2.24 bits per heavy atom. The number of aromatic nitrogens is 1. The van der Waals surface area contributed by atoms with Crippen molar-refractivity contribution in [2.24, 2.45) is 0 Å². The molecule has 0 bridgehead atoms. The Kier molecular flexibility index (Phi) is 4.09. The molecule has 5 N–H and O–H groups in total. The third-order valence-electron chi connectivity index (χ3n) is 4.28. The van der Waals surface area contributed by atoms with Crippen molar-refractivity contribution in [2.45, 2.75) is 17.9 Å². The molecular weight excluding hydrogens is 358 g/mol. The molecule has 2 saturated heterocycles. The van der Waals surface area contributed by atoms with E-state index in [1.807, 2.05) is 0 Å². The number of piperidine rings is 1. The van der Waals surface area contributed by atoms with Crippen molar-refractivity contribution >= 4 is 39.3 Å². The molecule has 2 fully saturated rings. The summed E-state index contributed by atoms with van der Waals surface area (Å²) < 4.78 is 0.773. The lowest BCUT2D eigenvalue weighted by Crippen LogP contribution is -2.69. The van der Waals surface area contributed by atoms with Crippen LogP contribution in [-0.4, -0.2) is 42.6 Å². The number of anilines is 1. The number of hydrogen-bond acceptors (Lipinski definition) is 5. The number of rotatable bonds is 1. The molecule has 2 unspecified atom stereocenters. The van der Waals surface area contributed by atoms with Crippen LogP contribution in [0.25, 0.3) is 0 Å². The highest BCUT2D eigenvalue weighted by molar-refractivity contribution is 9.10. The molecule has 2 aliphatic rings. The number of hydrogen-bond donors (Lipinski definition) is 4. The first kappa shape index (κ1) is 15.0. The second-order valence-corrected chi connectivity index (χ2v) is 6.61. The number of amides is 1. The molecule has 0 radical (unpaired) electrons. The second-order valence-electron chi connectivity index (χ2n) is 5.38. The molecule has 8 heteroatoms. The van der Waals surface area contributed by atoms with Gasteiger partial charge in [0.05, 0.1) is 5.02 Å². The number of carbonyl (C=O) groups is 1. The van der Waals surface area contributed by atoms with Crippen molar-refractivity contribution in [1.82, 2.24) is 20.9 Å². The summed E-state index contributed by atoms with van der Waals surface area (Å²) in [5, 5.41) is 10.1. The highest BCUT2D eigenvalue weighted by atomic mass is 79.9. The highest BCUT2D eigenvalue weighted by Gasteiger charge is 2.50. The number of carbonyl (C=O) groups excluding carboxylic acids is 1. The summed E-state index contributed by atoms with van der Waals surface area (Å²) in [7, 11) is 0. The molecule has 0 aliphatic carbocycles. The van der Waals surface area contributed by atoms with Crippen molar-refractivity contribution in [3.05, 3.63) is 21.3 Å². The summed E-state index contributed by atoms with van der Waals surface area (Å²) in [4.78, 5) is 16.6. The summed E-state index contributed by atoms with van der Waals surface area (Å²) in [6.07, 6.45) is 2.34. The van der Waals surface area contributed by atoms with Gasteiger partial charge in [-0.25, -0.2) is 4.98 Å². The summed E-state index contributed by atoms with van der Waals surface area (Å²) in [6, 6.07) is 0. The van der Waals surface area contributed by atoms with E-state index in [1.54, 1.807) is 6.20 Å². The maximum atomic E-state index is 12.6. The van der Waals surface area contributed by atoms with Crippen LogP contribution in [0.5, 0.6) is 0 Å². The minimum absolute atomic E-state index is 0.0265. The SMILES string of the molecule is Nc1ncc(Br)c(C2CNCCC23NCCNC3=O)c1Cl. The zero-order valence-corrected chi connectivity index (χ0v) is 13.7. The van der Waals surface area contributed by atoms with Gasteiger partial charge in [-0.15, -0.1) is 0 Å². The molecule has 21 heavy (non-hydrogen) atoms. The van der Waals surface area contributed by atoms with Gasteiger partial charge in [-0.05, 0) is 34.5 Å². The first-order valence-electron chi connectivity index (χ1n) is 6.89. The molecule has 6 nitrogen and oxygen atoms in total. The van der Waals surface area contributed by atoms with Crippen LogP contribution in [-0.2, 0) is 4.79 Å². The maximum absolute atomic E-state index is 12.6. The fourth-order valence-electron chi connectivity index (χ4n) is 3.23.